The maximum absolute atomic E-state index is 12.6. The van der Waals surface area contributed by atoms with E-state index in [2.05, 4.69) is 16.0 Å². The molecule has 0 rings (SSSR count). The molecule has 0 aromatic heterocycles. The molecule has 13 nitrogen and oxygen atoms in total. The lowest BCUT2D eigenvalue weighted by molar-refractivity contribution is -0.144. The lowest BCUT2D eigenvalue weighted by atomic mass is 9.98. The van der Waals surface area contributed by atoms with Gasteiger partial charge in [0.2, 0.25) is 17.7 Å². The van der Waals surface area contributed by atoms with E-state index in [1.54, 1.807) is 13.8 Å². The normalized spacial score (nSPS) is 16.7. The van der Waals surface area contributed by atoms with Crippen LogP contribution in [0.3, 0.4) is 0 Å². The van der Waals surface area contributed by atoms with Crippen molar-refractivity contribution in [3.05, 3.63) is 0 Å². The Hall–Kier alpha value is -2.77. The minimum atomic E-state index is -1.54. The Kier molecular flexibility index (Phi) is 12.3. The summed E-state index contributed by atoms with van der Waals surface area (Å²) in [6.07, 6.45) is -1.67. The molecular formula is C18H32N4O9. The predicted molar refractivity (Wildman–Crippen MR) is 106 cm³/mol. The van der Waals surface area contributed by atoms with E-state index in [0.717, 1.165) is 0 Å². The van der Waals surface area contributed by atoms with Crippen molar-refractivity contribution in [1.29, 1.82) is 0 Å². The molecule has 0 fully saturated rings. The van der Waals surface area contributed by atoms with Crippen LogP contribution >= 0.6 is 0 Å². The van der Waals surface area contributed by atoms with E-state index in [1.165, 1.54) is 6.92 Å². The number of hydrogen-bond donors (Lipinski definition) is 8. The Morgan fingerprint density at radius 1 is 0.903 bits per heavy atom. The van der Waals surface area contributed by atoms with Crippen LogP contribution in [-0.4, -0.2) is 87.0 Å². The first-order valence-corrected chi connectivity index (χ1v) is 9.75. The minimum absolute atomic E-state index is 0.362. The van der Waals surface area contributed by atoms with Crippen LogP contribution in [0.25, 0.3) is 0 Å². The molecule has 0 radical (unpaired) electrons. The van der Waals surface area contributed by atoms with Gasteiger partial charge in [-0.2, -0.15) is 0 Å². The number of aliphatic carboxylic acids is 2. The summed E-state index contributed by atoms with van der Waals surface area (Å²) in [6, 6.07) is -5.62. The third kappa shape index (κ3) is 9.72. The van der Waals surface area contributed by atoms with E-state index >= 15 is 0 Å². The molecule has 0 saturated carbocycles. The number of carboxylic acids is 2. The van der Waals surface area contributed by atoms with Crippen LogP contribution in [-0.2, 0) is 24.0 Å². The molecule has 0 bridgehead atoms. The molecule has 6 atom stereocenters. The van der Waals surface area contributed by atoms with Crippen LogP contribution in [0.15, 0.2) is 0 Å². The van der Waals surface area contributed by atoms with Gasteiger partial charge in [0.1, 0.15) is 24.2 Å². The molecule has 0 spiro atoms. The number of aliphatic hydroxyl groups is 2. The average molecular weight is 448 g/mol. The number of nitrogens with two attached hydrogens (primary N) is 1. The SMILES string of the molecule is CCC(C)C(NC(=O)C(CCC(=O)O)NC(=O)C(CO)NC(=O)C(N)C(C)O)C(=O)O. The third-order valence-corrected chi connectivity index (χ3v) is 4.69. The predicted octanol–water partition coefficient (Wildman–Crippen LogP) is -2.86. The zero-order valence-corrected chi connectivity index (χ0v) is 17.7. The van der Waals surface area contributed by atoms with Crippen molar-refractivity contribution >= 4 is 29.7 Å². The summed E-state index contributed by atoms with van der Waals surface area (Å²) in [5.74, 6) is -5.86. The second kappa shape index (κ2) is 13.5. The van der Waals surface area contributed by atoms with Crippen molar-refractivity contribution in [2.75, 3.05) is 6.61 Å². The lowest BCUT2D eigenvalue weighted by Gasteiger charge is -2.26. The molecule has 0 saturated heterocycles. The van der Waals surface area contributed by atoms with Gasteiger partial charge in [-0.1, -0.05) is 20.3 Å². The molecule has 3 amide bonds. The summed E-state index contributed by atoms with van der Waals surface area (Å²) >= 11 is 0. The highest BCUT2D eigenvalue weighted by Crippen LogP contribution is 2.09. The quantitative estimate of drug-likeness (QED) is 0.135. The highest BCUT2D eigenvalue weighted by molar-refractivity contribution is 5.94. The fraction of sp³-hybridized carbons (Fsp3) is 0.722. The zero-order chi connectivity index (χ0) is 24.3. The zero-order valence-electron chi connectivity index (χ0n) is 17.7. The highest BCUT2D eigenvalue weighted by atomic mass is 16.4. The van der Waals surface area contributed by atoms with Gasteiger partial charge in [0.05, 0.1) is 12.7 Å². The van der Waals surface area contributed by atoms with E-state index in [4.69, 9.17) is 10.8 Å². The van der Waals surface area contributed by atoms with Crippen molar-refractivity contribution in [3.63, 3.8) is 0 Å². The Morgan fingerprint density at radius 2 is 1.42 bits per heavy atom. The van der Waals surface area contributed by atoms with Gasteiger partial charge in [-0.25, -0.2) is 4.79 Å². The molecule has 6 unspecified atom stereocenters. The van der Waals surface area contributed by atoms with Crippen LogP contribution in [0.1, 0.15) is 40.0 Å². The van der Waals surface area contributed by atoms with Crippen LogP contribution in [0, 0.1) is 5.92 Å². The first-order chi connectivity index (χ1) is 14.3. The number of aliphatic hydroxyl groups excluding tert-OH is 2. The summed E-state index contributed by atoms with van der Waals surface area (Å²) in [5, 5.41) is 43.6. The van der Waals surface area contributed by atoms with Crippen LogP contribution in [0.5, 0.6) is 0 Å². The maximum atomic E-state index is 12.6. The fourth-order valence-electron chi connectivity index (χ4n) is 2.43. The Balaban J connectivity index is 5.40. The number of carbonyl (C=O) groups is 5. The molecular weight excluding hydrogens is 416 g/mol. The monoisotopic (exact) mass is 448 g/mol. The standard InChI is InChI=1S/C18H32N4O9/c1-4-8(2)14(18(30)31)22-15(27)10(5-6-12(25)26)20-16(28)11(7-23)21-17(29)13(19)9(3)24/h8-11,13-14,23-24H,4-7,19H2,1-3H3,(H,20,28)(H,21,29)(H,22,27)(H,25,26)(H,30,31). The topological polar surface area (TPSA) is 228 Å². The number of amides is 3. The van der Waals surface area contributed by atoms with Crippen molar-refractivity contribution in [2.45, 2.75) is 70.3 Å². The summed E-state index contributed by atoms with van der Waals surface area (Å²) in [5.41, 5.74) is 5.46. The molecule has 0 aromatic carbocycles. The molecule has 0 aliphatic carbocycles. The van der Waals surface area contributed by atoms with Gasteiger partial charge in [-0.05, 0) is 19.3 Å². The lowest BCUT2D eigenvalue weighted by Crippen LogP contribution is -2.59. The Morgan fingerprint density at radius 3 is 1.84 bits per heavy atom. The molecule has 13 heteroatoms. The second-order valence-electron chi connectivity index (χ2n) is 7.21. The van der Waals surface area contributed by atoms with Crippen molar-refractivity contribution in [3.8, 4) is 0 Å². The molecule has 0 aliphatic rings. The van der Waals surface area contributed by atoms with Gasteiger partial charge in [0.15, 0.2) is 0 Å². The van der Waals surface area contributed by atoms with Gasteiger partial charge < -0.3 is 42.1 Å². The number of nitrogens with one attached hydrogen (secondary N) is 3. The van der Waals surface area contributed by atoms with E-state index < -0.39 is 78.9 Å². The van der Waals surface area contributed by atoms with Crippen molar-refractivity contribution < 1.29 is 44.4 Å². The smallest absolute Gasteiger partial charge is 0.326 e. The van der Waals surface area contributed by atoms with Crippen molar-refractivity contribution in [2.24, 2.45) is 11.7 Å². The third-order valence-electron chi connectivity index (χ3n) is 4.69. The van der Waals surface area contributed by atoms with E-state index in [0.29, 0.717) is 6.42 Å². The number of hydrogen-bond acceptors (Lipinski definition) is 8. The highest BCUT2D eigenvalue weighted by Gasteiger charge is 2.32. The first kappa shape index (κ1) is 28.2. The average Bonchev–Trinajstić information content (AvgIpc) is 2.70. The Bertz CT molecular complexity index is 656. The number of carbonyl (C=O) groups excluding carboxylic acids is 3. The van der Waals surface area contributed by atoms with Gasteiger partial charge in [-0.3, -0.25) is 19.2 Å². The molecule has 31 heavy (non-hydrogen) atoms. The van der Waals surface area contributed by atoms with Crippen LogP contribution < -0.4 is 21.7 Å². The summed E-state index contributed by atoms with van der Waals surface area (Å²) in [6.45, 7) is 3.71. The minimum Gasteiger partial charge on any atom is -0.481 e. The molecule has 9 N–H and O–H groups in total. The molecule has 178 valence electrons. The molecule has 0 heterocycles. The van der Waals surface area contributed by atoms with Gasteiger partial charge >= 0.3 is 11.9 Å². The van der Waals surface area contributed by atoms with E-state index in [9.17, 15) is 39.3 Å². The first-order valence-electron chi connectivity index (χ1n) is 9.75. The fourth-order valence-corrected chi connectivity index (χ4v) is 2.43. The number of rotatable bonds is 14. The molecule has 0 aliphatic heterocycles. The summed E-state index contributed by atoms with van der Waals surface area (Å²) < 4.78 is 0. The summed E-state index contributed by atoms with van der Waals surface area (Å²) in [7, 11) is 0. The van der Waals surface area contributed by atoms with E-state index in [-0.39, 0.29) is 6.42 Å². The molecule has 0 aromatic rings. The van der Waals surface area contributed by atoms with Gasteiger partial charge in [0, 0.05) is 6.42 Å². The van der Waals surface area contributed by atoms with Crippen molar-refractivity contribution in [1.82, 2.24) is 16.0 Å². The van der Waals surface area contributed by atoms with Gasteiger partial charge in [0.25, 0.3) is 0 Å². The largest absolute Gasteiger partial charge is 0.481 e. The van der Waals surface area contributed by atoms with Crippen LogP contribution in [0.4, 0.5) is 0 Å². The maximum Gasteiger partial charge on any atom is 0.326 e. The second-order valence-corrected chi connectivity index (χ2v) is 7.21. The van der Waals surface area contributed by atoms with Gasteiger partial charge in [-0.15, -0.1) is 0 Å². The van der Waals surface area contributed by atoms with Crippen LogP contribution in [0.2, 0.25) is 0 Å². The number of carboxylic acid groups (broad SMARTS) is 2. The Labute approximate surface area is 179 Å². The summed E-state index contributed by atoms with van der Waals surface area (Å²) in [4.78, 5) is 59.3. The van der Waals surface area contributed by atoms with E-state index in [1.807, 2.05) is 0 Å².